The van der Waals surface area contributed by atoms with Gasteiger partial charge in [-0.05, 0) is 64.4 Å². The Balaban J connectivity index is 1.54. The Kier molecular flexibility index (Phi) is 4.56. The number of fused-ring (bicyclic) bond motifs is 1. The number of nitrogens with zero attached hydrogens (tertiary/aromatic N) is 1. The third-order valence-electron chi connectivity index (χ3n) is 5.12. The molecule has 5 rings (SSSR count). The molecular formula is C28H20N. The van der Waals surface area contributed by atoms with Crippen LogP contribution in [0.25, 0.3) is 21.9 Å². The summed E-state index contributed by atoms with van der Waals surface area (Å²) >= 11 is 0. The summed E-state index contributed by atoms with van der Waals surface area (Å²) in [6.45, 7) is 0. The monoisotopic (exact) mass is 370 g/mol. The molecule has 0 aromatic heterocycles. The van der Waals surface area contributed by atoms with Gasteiger partial charge in [-0.25, -0.2) is 0 Å². The molecule has 0 saturated heterocycles. The van der Waals surface area contributed by atoms with Crippen molar-refractivity contribution in [3.05, 3.63) is 127 Å². The van der Waals surface area contributed by atoms with E-state index in [0.29, 0.717) is 0 Å². The minimum atomic E-state index is 1.11. The van der Waals surface area contributed by atoms with Crippen LogP contribution in [0.3, 0.4) is 0 Å². The van der Waals surface area contributed by atoms with Gasteiger partial charge in [-0.3, -0.25) is 0 Å². The van der Waals surface area contributed by atoms with E-state index in [2.05, 4.69) is 120 Å². The zero-order valence-electron chi connectivity index (χ0n) is 16.0. The number of hydrogen-bond donors (Lipinski definition) is 0. The van der Waals surface area contributed by atoms with Gasteiger partial charge in [-0.1, -0.05) is 84.9 Å². The molecule has 1 heteroatoms. The fraction of sp³-hybridized carbons (Fsp3) is 0. The van der Waals surface area contributed by atoms with Crippen LogP contribution in [0.15, 0.2) is 121 Å². The van der Waals surface area contributed by atoms with Crippen molar-refractivity contribution in [2.75, 3.05) is 4.90 Å². The molecule has 5 aromatic rings. The Morgan fingerprint density at radius 2 is 1.00 bits per heavy atom. The van der Waals surface area contributed by atoms with Crippen LogP contribution in [0.2, 0.25) is 0 Å². The second-order valence-corrected chi connectivity index (χ2v) is 7.01. The first-order valence-corrected chi connectivity index (χ1v) is 9.80. The van der Waals surface area contributed by atoms with Crippen LogP contribution in [0.5, 0.6) is 0 Å². The van der Waals surface area contributed by atoms with E-state index in [1.54, 1.807) is 0 Å². The topological polar surface area (TPSA) is 3.24 Å². The van der Waals surface area contributed by atoms with Crippen molar-refractivity contribution < 1.29 is 0 Å². The average Bonchev–Trinajstić information content (AvgIpc) is 2.81. The Hall–Kier alpha value is -3.84. The van der Waals surface area contributed by atoms with Crippen molar-refractivity contribution in [1.82, 2.24) is 0 Å². The normalized spacial score (nSPS) is 10.8. The smallest absolute Gasteiger partial charge is 0.0462 e. The third kappa shape index (κ3) is 3.51. The lowest BCUT2D eigenvalue weighted by atomic mass is 10.0. The van der Waals surface area contributed by atoms with Crippen molar-refractivity contribution >= 4 is 27.8 Å². The molecule has 1 radical (unpaired) electrons. The fourth-order valence-electron chi connectivity index (χ4n) is 3.68. The molecule has 0 bridgehead atoms. The molecule has 0 spiro atoms. The van der Waals surface area contributed by atoms with E-state index < -0.39 is 0 Å². The molecule has 1 nitrogen and oxygen atoms in total. The summed E-state index contributed by atoms with van der Waals surface area (Å²) in [5.74, 6) is 0. The second-order valence-electron chi connectivity index (χ2n) is 7.01. The molecule has 0 atom stereocenters. The second kappa shape index (κ2) is 7.65. The molecule has 0 aliphatic rings. The third-order valence-corrected chi connectivity index (χ3v) is 5.12. The number of anilines is 3. The first-order valence-electron chi connectivity index (χ1n) is 9.80. The van der Waals surface area contributed by atoms with Crippen molar-refractivity contribution in [2.45, 2.75) is 0 Å². The van der Waals surface area contributed by atoms with Crippen molar-refractivity contribution in [3.63, 3.8) is 0 Å². The predicted molar refractivity (Wildman–Crippen MR) is 123 cm³/mol. The minimum Gasteiger partial charge on any atom is -0.311 e. The van der Waals surface area contributed by atoms with Crippen LogP contribution in [-0.4, -0.2) is 0 Å². The standard InChI is InChI=1S/C28H20N/c1-3-11-26(12-4-1)29(27-13-5-2-6-14-27)28-19-17-23(18-20-28)25-16-15-22-9-7-8-10-24(22)21-25/h1-20H. The molecule has 0 unspecified atom stereocenters. The summed E-state index contributed by atoms with van der Waals surface area (Å²) in [5, 5.41) is 2.36. The summed E-state index contributed by atoms with van der Waals surface area (Å²) in [7, 11) is 0. The van der Waals surface area contributed by atoms with Gasteiger partial charge in [0.2, 0.25) is 0 Å². The maximum Gasteiger partial charge on any atom is 0.0462 e. The van der Waals surface area contributed by atoms with Crippen LogP contribution >= 0.6 is 0 Å². The number of para-hydroxylation sites is 2. The molecular weight excluding hydrogens is 350 g/mol. The highest BCUT2D eigenvalue weighted by Crippen LogP contribution is 2.35. The van der Waals surface area contributed by atoms with Gasteiger partial charge in [-0.2, -0.15) is 0 Å². The number of hydrogen-bond acceptors (Lipinski definition) is 1. The Morgan fingerprint density at radius 3 is 1.66 bits per heavy atom. The van der Waals surface area contributed by atoms with Gasteiger partial charge in [0, 0.05) is 17.1 Å². The SMILES string of the molecule is [c]1c(-c2ccc(N(c3ccccc3)c3ccccc3)cc2)ccc2ccccc12. The van der Waals surface area contributed by atoms with Crippen LogP contribution in [0.1, 0.15) is 0 Å². The maximum atomic E-state index is 3.54. The highest BCUT2D eigenvalue weighted by atomic mass is 15.1. The summed E-state index contributed by atoms with van der Waals surface area (Å²) in [6.07, 6.45) is 0. The minimum absolute atomic E-state index is 1.11. The number of benzene rings is 5. The van der Waals surface area contributed by atoms with Gasteiger partial charge in [0.15, 0.2) is 0 Å². The van der Waals surface area contributed by atoms with Gasteiger partial charge in [0.1, 0.15) is 0 Å². The largest absolute Gasteiger partial charge is 0.311 e. The molecule has 0 amide bonds. The molecule has 0 heterocycles. The molecule has 0 aliphatic carbocycles. The lowest BCUT2D eigenvalue weighted by Crippen LogP contribution is -2.09. The predicted octanol–water partition coefficient (Wildman–Crippen LogP) is 7.78. The van der Waals surface area contributed by atoms with Gasteiger partial charge in [0.25, 0.3) is 0 Å². The van der Waals surface area contributed by atoms with Crippen LogP contribution in [0.4, 0.5) is 17.1 Å². The van der Waals surface area contributed by atoms with Gasteiger partial charge in [0.05, 0.1) is 0 Å². The lowest BCUT2D eigenvalue weighted by Gasteiger charge is -2.25. The zero-order valence-corrected chi connectivity index (χ0v) is 16.0. The van der Waals surface area contributed by atoms with Crippen LogP contribution in [0, 0.1) is 6.07 Å². The lowest BCUT2D eigenvalue weighted by molar-refractivity contribution is 1.28. The molecule has 0 fully saturated rings. The highest BCUT2D eigenvalue weighted by Gasteiger charge is 2.12. The van der Waals surface area contributed by atoms with E-state index in [1.807, 2.05) is 12.1 Å². The zero-order chi connectivity index (χ0) is 19.5. The van der Waals surface area contributed by atoms with Crippen LogP contribution in [-0.2, 0) is 0 Å². The number of rotatable bonds is 4. The molecule has 29 heavy (non-hydrogen) atoms. The molecule has 0 aliphatic heterocycles. The molecule has 5 aromatic carbocycles. The van der Waals surface area contributed by atoms with E-state index in [4.69, 9.17) is 0 Å². The van der Waals surface area contributed by atoms with Crippen molar-refractivity contribution in [2.24, 2.45) is 0 Å². The van der Waals surface area contributed by atoms with Gasteiger partial charge >= 0.3 is 0 Å². The molecule has 0 saturated carbocycles. The van der Waals surface area contributed by atoms with E-state index in [0.717, 1.165) is 28.0 Å². The van der Waals surface area contributed by atoms with Crippen molar-refractivity contribution in [3.8, 4) is 11.1 Å². The highest BCUT2D eigenvalue weighted by molar-refractivity contribution is 5.87. The van der Waals surface area contributed by atoms with E-state index >= 15 is 0 Å². The Morgan fingerprint density at radius 1 is 0.448 bits per heavy atom. The summed E-state index contributed by atoms with van der Waals surface area (Å²) in [6, 6.07) is 45.8. The van der Waals surface area contributed by atoms with Crippen molar-refractivity contribution in [1.29, 1.82) is 0 Å². The van der Waals surface area contributed by atoms with Gasteiger partial charge < -0.3 is 4.90 Å². The summed E-state index contributed by atoms with van der Waals surface area (Å²) in [5.41, 5.74) is 5.70. The Bertz CT molecular complexity index is 1190. The van der Waals surface area contributed by atoms with E-state index in [1.165, 1.54) is 10.9 Å². The van der Waals surface area contributed by atoms with E-state index in [-0.39, 0.29) is 0 Å². The average molecular weight is 370 g/mol. The van der Waals surface area contributed by atoms with Crippen LogP contribution < -0.4 is 4.90 Å². The fourth-order valence-corrected chi connectivity index (χ4v) is 3.68. The quantitative estimate of drug-likeness (QED) is 0.312. The van der Waals surface area contributed by atoms with Gasteiger partial charge in [-0.15, -0.1) is 0 Å². The maximum absolute atomic E-state index is 3.54. The first kappa shape index (κ1) is 17.3. The van der Waals surface area contributed by atoms with E-state index in [9.17, 15) is 0 Å². The molecule has 0 N–H and O–H groups in total. The first-order chi connectivity index (χ1) is 14.4. The Labute approximate surface area is 171 Å². The summed E-state index contributed by atoms with van der Waals surface area (Å²) in [4.78, 5) is 2.27. The molecule has 137 valence electrons. The summed E-state index contributed by atoms with van der Waals surface area (Å²) < 4.78 is 0.